The Hall–Kier alpha value is -4.45. The fourth-order valence-corrected chi connectivity index (χ4v) is 5.04. The molecule has 0 unspecified atom stereocenters. The van der Waals surface area contributed by atoms with Crippen molar-refractivity contribution in [3.05, 3.63) is 89.5 Å². The molecule has 5 rings (SSSR count). The number of carbonyl (C=O) groups is 3. The Morgan fingerprint density at radius 3 is 2.13 bits per heavy atom. The number of amides is 3. The van der Waals surface area contributed by atoms with Crippen molar-refractivity contribution >= 4 is 40.9 Å². The van der Waals surface area contributed by atoms with Crippen molar-refractivity contribution in [1.82, 2.24) is 14.8 Å². The normalized spacial score (nSPS) is 13.1. The maximum Gasteiger partial charge on any atom is 0.418 e. The number of nitrogens with zero attached hydrogens (tertiary/aromatic N) is 4. The highest BCUT2D eigenvalue weighted by atomic mass is 32.2. The van der Waals surface area contributed by atoms with Crippen LogP contribution in [-0.4, -0.2) is 38.2 Å². The molecular weight excluding hydrogens is 531 g/mol. The lowest BCUT2D eigenvalue weighted by molar-refractivity contribution is -0.137. The van der Waals surface area contributed by atoms with Crippen LogP contribution < -0.4 is 10.2 Å². The molecule has 3 aromatic carbocycles. The maximum atomic E-state index is 13.2. The third-order valence-corrected chi connectivity index (χ3v) is 7.02. The highest BCUT2D eigenvalue weighted by Gasteiger charge is 2.36. The van der Waals surface area contributed by atoms with Crippen LogP contribution in [0.4, 0.5) is 24.5 Å². The van der Waals surface area contributed by atoms with Gasteiger partial charge in [-0.25, -0.2) is 4.90 Å². The number of thioether (sulfide) groups is 1. The van der Waals surface area contributed by atoms with Crippen LogP contribution in [0.2, 0.25) is 0 Å². The molecule has 0 spiro atoms. The molecule has 39 heavy (non-hydrogen) atoms. The monoisotopic (exact) mass is 551 g/mol. The van der Waals surface area contributed by atoms with Crippen molar-refractivity contribution in [2.24, 2.45) is 0 Å². The molecule has 0 atom stereocenters. The second-order valence-electron chi connectivity index (χ2n) is 8.47. The Labute approximate surface area is 224 Å². The van der Waals surface area contributed by atoms with Crippen LogP contribution in [-0.2, 0) is 17.5 Å². The molecule has 0 aliphatic carbocycles. The number of imide groups is 1. The van der Waals surface area contributed by atoms with E-state index in [0.29, 0.717) is 39.9 Å². The fourth-order valence-electron chi connectivity index (χ4n) is 4.23. The Bertz CT molecular complexity index is 1550. The van der Waals surface area contributed by atoms with E-state index in [0.717, 1.165) is 22.7 Å². The molecule has 8 nitrogen and oxygen atoms in total. The van der Waals surface area contributed by atoms with E-state index in [4.69, 9.17) is 0 Å². The van der Waals surface area contributed by atoms with Crippen LogP contribution in [0.25, 0.3) is 11.4 Å². The average molecular weight is 552 g/mol. The van der Waals surface area contributed by atoms with Crippen LogP contribution in [0.3, 0.4) is 0 Å². The summed E-state index contributed by atoms with van der Waals surface area (Å²) in [4.78, 5) is 39.1. The van der Waals surface area contributed by atoms with Gasteiger partial charge < -0.3 is 9.88 Å². The summed E-state index contributed by atoms with van der Waals surface area (Å²) in [6.07, 6.45) is -4.59. The van der Waals surface area contributed by atoms with Crippen molar-refractivity contribution in [1.29, 1.82) is 0 Å². The van der Waals surface area contributed by atoms with E-state index in [-0.39, 0.29) is 11.4 Å². The third kappa shape index (κ3) is 5.02. The van der Waals surface area contributed by atoms with Crippen LogP contribution in [0.5, 0.6) is 0 Å². The van der Waals surface area contributed by atoms with Crippen molar-refractivity contribution < 1.29 is 27.6 Å². The number of hydrogen-bond donors (Lipinski definition) is 1. The lowest BCUT2D eigenvalue weighted by Crippen LogP contribution is -2.29. The molecule has 0 fully saturated rings. The summed E-state index contributed by atoms with van der Waals surface area (Å²) in [5.74, 6) is -1.08. The van der Waals surface area contributed by atoms with Gasteiger partial charge in [-0.05, 0) is 55.5 Å². The minimum Gasteiger partial charge on any atom is -0.325 e. The first-order valence-electron chi connectivity index (χ1n) is 11.8. The van der Waals surface area contributed by atoms with Gasteiger partial charge in [0.15, 0.2) is 11.0 Å². The number of anilines is 2. The zero-order valence-electron chi connectivity index (χ0n) is 20.4. The van der Waals surface area contributed by atoms with Gasteiger partial charge in [-0.15, -0.1) is 10.2 Å². The van der Waals surface area contributed by atoms with Gasteiger partial charge in [-0.2, -0.15) is 13.2 Å². The number of benzene rings is 3. The van der Waals surface area contributed by atoms with E-state index < -0.39 is 29.5 Å². The first-order chi connectivity index (χ1) is 18.7. The van der Waals surface area contributed by atoms with Gasteiger partial charge in [0, 0.05) is 12.1 Å². The van der Waals surface area contributed by atoms with Crippen LogP contribution >= 0.6 is 11.8 Å². The Morgan fingerprint density at radius 2 is 1.51 bits per heavy atom. The summed E-state index contributed by atoms with van der Waals surface area (Å²) < 4.78 is 41.4. The summed E-state index contributed by atoms with van der Waals surface area (Å²) >= 11 is 1.04. The minimum atomic E-state index is -4.59. The van der Waals surface area contributed by atoms with Gasteiger partial charge in [-0.1, -0.05) is 36.0 Å². The van der Waals surface area contributed by atoms with E-state index >= 15 is 0 Å². The van der Waals surface area contributed by atoms with E-state index in [1.54, 1.807) is 53.1 Å². The topological polar surface area (TPSA) is 97.2 Å². The molecule has 198 valence electrons. The summed E-state index contributed by atoms with van der Waals surface area (Å²) in [6, 6.07) is 18.1. The van der Waals surface area contributed by atoms with Crippen LogP contribution in [0.1, 0.15) is 33.2 Å². The van der Waals surface area contributed by atoms with Crippen molar-refractivity contribution in [3.63, 3.8) is 0 Å². The predicted molar refractivity (Wildman–Crippen MR) is 140 cm³/mol. The van der Waals surface area contributed by atoms with Crippen LogP contribution in [0, 0.1) is 0 Å². The minimum absolute atomic E-state index is 0.178. The number of aromatic nitrogens is 3. The fraction of sp³-hybridized carbons (Fsp3) is 0.148. The first-order valence-corrected chi connectivity index (χ1v) is 12.8. The van der Waals surface area contributed by atoms with Gasteiger partial charge in [-0.3, -0.25) is 14.4 Å². The smallest absolute Gasteiger partial charge is 0.325 e. The number of rotatable bonds is 7. The molecule has 1 aliphatic heterocycles. The number of nitrogens with one attached hydrogen (secondary N) is 1. The number of alkyl halides is 3. The average Bonchev–Trinajstić information content (AvgIpc) is 3.45. The Kier molecular flexibility index (Phi) is 6.96. The lowest BCUT2D eigenvalue weighted by Gasteiger charge is -2.14. The number of hydrogen-bond acceptors (Lipinski definition) is 6. The van der Waals surface area contributed by atoms with Gasteiger partial charge in [0.05, 0.1) is 33.8 Å². The molecule has 0 saturated carbocycles. The molecule has 12 heteroatoms. The van der Waals surface area contributed by atoms with Gasteiger partial charge >= 0.3 is 6.18 Å². The molecule has 0 bridgehead atoms. The van der Waals surface area contributed by atoms with Gasteiger partial charge in [0.2, 0.25) is 5.91 Å². The number of halogens is 3. The van der Waals surface area contributed by atoms with Gasteiger partial charge in [0.1, 0.15) is 0 Å². The first kappa shape index (κ1) is 26.2. The summed E-state index contributed by atoms with van der Waals surface area (Å²) in [5, 5.41) is 11.1. The maximum absolute atomic E-state index is 13.2. The lowest BCUT2D eigenvalue weighted by atomic mass is 10.1. The summed E-state index contributed by atoms with van der Waals surface area (Å²) in [6.45, 7) is 2.33. The SMILES string of the molecule is CCn1c(SCC(=O)Nc2ccccc2C(F)(F)F)nnc1-c1ccc(N2C(=O)c3ccccc3C2=O)cc1. The van der Waals surface area contributed by atoms with Crippen LogP contribution in [0.15, 0.2) is 78.0 Å². The quantitative estimate of drug-likeness (QED) is 0.240. The second-order valence-corrected chi connectivity index (χ2v) is 9.41. The Morgan fingerprint density at radius 1 is 0.897 bits per heavy atom. The molecule has 0 radical (unpaired) electrons. The van der Waals surface area contributed by atoms with E-state index in [1.807, 2.05) is 6.92 Å². The van der Waals surface area contributed by atoms with Crippen molar-refractivity contribution in [2.75, 3.05) is 16.0 Å². The number of para-hydroxylation sites is 1. The Balaban J connectivity index is 1.29. The highest BCUT2D eigenvalue weighted by molar-refractivity contribution is 7.99. The molecule has 1 N–H and O–H groups in total. The molecule has 1 aromatic heterocycles. The van der Waals surface area contributed by atoms with Gasteiger partial charge in [0.25, 0.3) is 11.8 Å². The number of fused-ring (bicyclic) bond motifs is 1. The molecular formula is C27H20F3N5O3S. The predicted octanol–water partition coefficient (Wildman–Crippen LogP) is 5.52. The molecule has 0 saturated heterocycles. The van der Waals surface area contributed by atoms with Crippen molar-refractivity contribution in [2.45, 2.75) is 24.8 Å². The third-order valence-electron chi connectivity index (χ3n) is 6.05. The molecule has 1 aliphatic rings. The van der Waals surface area contributed by atoms with Crippen molar-refractivity contribution in [3.8, 4) is 11.4 Å². The van der Waals surface area contributed by atoms with E-state index in [9.17, 15) is 27.6 Å². The summed E-state index contributed by atoms with van der Waals surface area (Å²) in [5.41, 5.74) is 0.547. The zero-order valence-corrected chi connectivity index (χ0v) is 21.2. The highest BCUT2D eigenvalue weighted by Crippen LogP contribution is 2.35. The van der Waals surface area contributed by atoms with E-state index in [2.05, 4.69) is 15.5 Å². The van der Waals surface area contributed by atoms with E-state index in [1.165, 1.54) is 18.2 Å². The largest absolute Gasteiger partial charge is 0.418 e. The zero-order chi connectivity index (χ0) is 27.7. The summed E-state index contributed by atoms with van der Waals surface area (Å²) in [7, 11) is 0. The standard InChI is InChI=1S/C27H20F3N5O3S/c1-2-34-23(16-11-13-17(14-12-16)35-24(37)18-7-3-4-8-19(18)25(35)38)32-33-26(34)39-15-22(36)31-21-10-6-5-9-20(21)27(28,29)30/h3-14H,2,15H2,1H3,(H,31,36). The second kappa shape index (κ2) is 10.4. The molecule has 3 amide bonds. The number of carbonyl (C=O) groups excluding carboxylic acids is 3. The molecule has 2 heterocycles. The molecule has 4 aromatic rings.